The summed E-state index contributed by atoms with van der Waals surface area (Å²) in [7, 11) is 0. The van der Waals surface area contributed by atoms with Crippen LogP contribution in [0.2, 0.25) is 0 Å². The maximum atomic E-state index is 11.4. The van der Waals surface area contributed by atoms with Crippen LogP contribution in [0.3, 0.4) is 0 Å². The van der Waals surface area contributed by atoms with Gasteiger partial charge >= 0.3 is 11.9 Å². The van der Waals surface area contributed by atoms with E-state index in [4.69, 9.17) is 9.47 Å². The average Bonchev–Trinajstić information content (AvgIpc) is 2.43. The van der Waals surface area contributed by atoms with Gasteiger partial charge in [-0.25, -0.2) is 9.59 Å². The van der Waals surface area contributed by atoms with Gasteiger partial charge < -0.3 is 9.47 Å². The van der Waals surface area contributed by atoms with E-state index < -0.39 is 11.9 Å². The Hall–Kier alpha value is -2.88. The average molecular weight is 270 g/mol. The number of hydrogen-bond acceptors (Lipinski definition) is 4. The summed E-state index contributed by atoms with van der Waals surface area (Å²) in [4.78, 5) is 22.7. The van der Waals surface area contributed by atoms with Crippen molar-refractivity contribution in [2.45, 2.75) is 0 Å². The highest BCUT2D eigenvalue weighted by molar-refractivity contribution is 5.85. The molecule has 1 aromatic rings. The zero-order chi connectivity index (χ0) is 14.8. The second-order valence-electron chi connectivity index (χ2n) is 3.51. The van der Waals surface area contributed by atoms with Crippen molar-refractivity contribution in [3.8, 4) is 11.5 Å². The molecule has 0 spiro atoms. The maximum absolute atomic E-state index is 11.4. The Labute approximate surface area is 117 Å². The van der Waals surface area contributed by atoms with Gasteiger partial charge in [0.15, 0.2) is 0 Å². The van der Waals surface area contributed by atoms with Gasteiger partial charge in [-0.05, 0) is 12.1 Å². The first-order chi connectivity index (χ1) is 9.65. The second-order valence-corrected chi connectivity index (χ2v) is 3.51. The highest BCUT2D eigenvalue weighted by Crippen LogP contribution is 2.19. The van der Waals surface area contributed by atoms with E-state index in [-0.39, 0.29) is 11.5 Å². The predicted molar refractivity (Wildman–Crippen MR) is 76.4 cm³/mol. The van der Waals surface area contributed by atoms with Crippen molar-refractivity contribution in [2.75, 3.05) is 0 Å². The van der Waals surface area contributed by atoms with Gasteiger partial charge in [-0.2, -0.15) is 0 Å². The minimum absolute atomic E-state index is 0.279. The molecule has 0 saturated carbocycles. The molecule has 0 aliphatic rings. The Balaban J connectivity index is 2.70. The van der Waals surface area contributed by atoms with E-state index in [1.54, 1.807) is 18.2 Å². The standard InChI is InChI=1S/C16H14O4/c1-3-5-10-15(17)19-13-8-7-9-14(12-13)20-16(18)11-6-4-2/h3-12H,1-2H2/b10-5+,11-6+. The molecule has 0 fully saturated rings. The summed E-state index contributed by atoms with van der Waals surface area (Å²) in [6, 6.07) is 6.21. The van der Waals surface area contributed by atoms with E-state index >= 15 is 0 Å². The molecule has 1 aromatic carbocycles. The molecule has 0 aromatic heterocycles. The van der Waals surface area contributed by atoms with Gasteiger partial charge in [-0.3, -0.25) is 0 Å². The molecule has 4 heteroatoms. The van der Waals surface area contributed by atoms with Crippen LogP contribution in [0.5, 0.6) is 11.5 Å². The van der Waals surface area contributed by atoms with Gasteiger partial charge in [0.25, 0.3) is 0 Å². The summed E-state index contributed by atoms with van der Waals surface area (Å²) in [6.07, 6.45) is 8.33. The quantitative estimate of drug-likeness (QED) is 0.345. The van der Waals surface area contributed by atoms with Gasteiger partial charge in [-0.1, -0.05) is 43.5 Å². The summed E-state index contributed by atoms with van der Waals surface area (Å²) in [5.41, 5.74) is 0. The number of hydrogen-bond donors (Lipinski definition) is 0. The van der Waals surface area contributed by atoms with Crippen molar-refractivity contribution in [1.82, 2.24) is 0 Å². The molecule has 0 aliphatic carbocycles. The molecule has 0 heterocycles. The minimum atomic E-state index is -0.542. The molecule has 4 nitrogen and oxygen atoms in total. The molecular formula is C16H14O4. The van der Waals surface area contributed by atoms with Crippen LogP contribution in [0.4, 0.5) is 0 Å². The lowest BCUT2D eigenvalue weighted by Crippen LogP contribution is -2.06. The fraction of sp³-hybridized carbons (Fsp3) is 0. The minimum Gasteiger partial charge on any atom is -0.423 e. The second kappa shape index (κ2) is 8.26. The number of benzene rings is 1. The van der Waals surface area contributed by atoms with Gasteiger partial charge in [-0.15, -0.1) is 0 Å². The Morgan fingerprint density at radius 1 is 0.900 bits per heavy atom. The topological polar surface area (TPSA) is 52.6 Å². The summed E-state index contributed by atoms with van der Waals surface area (Å²) in [5, 5.41) is 0. The molecule has 20 heavy (non-hydrogen) atoms. The molecule has 0 amide bonds. The smallest absolute Gasteiger partial charge is 0.336 e. The lowest BCUT2D eigenvalue weighted by atomic mass is 10.3. The van der Waals surface area contributed by atoms with E-state index in [1.807, 2.05) is 0 Å². The van der Waals surface area contributed by atoms with Crippen LogP contribution >= 0.6 is 0 Å². The van der Waals surface area contributed by atoms with Crippen molar-refractivity contribution >= 4 is 11.9 Å². The number of rotatable bonds is 6. The number of allylic oxidation sites excluding steroid dienone is 4. The van der Waals surface area contributed by atoms with Gasteiger partial charge in [0, 0.05) is 18.2 Å². The van der Waals surface area contributed by atoms with Crippen LogP contribution in [0, 0.1) is 0 Å². The highest BCUT2D eigenvalue weighted by Gasteiger charge is 2.04. The third kappa shape index (κ3) is 5.64. The van der Waals surface area contributed by atoms with Gasteiger partial charge in [0.05, 0.1) is 0 Å². The maximum Gasteiger partial charge on any atom is 0.336 e. The number of carbonyl (C=O) groups is 2. The molecule has 0 saturated heterocycles. The Bertz CT molecular complexity index is 520. The van der Waals surface area contributed by atoms with Crippen LogP contribution in [0.25, 0.3) is 0 Å². The zero-order valence-corrected chi connectivity index (χ0v) is 10.8. The molecule has 0 radical (unpaired) electrons. The van der Waals surface area contributed by atoms with Crippen molar-refractivity contribution < 1.29 is 19.1 Å². The van der Waals surface area contributed by atoms with Crippen LogP contribution < -0.4 is 9.47 Å². The van der Waals surface area contributed by atoms with Crippen molar-refractivity contribution in [2.24, 2.45) is 0 Å². The third-order valence-electron chi connectivity index (χ3n) is 1.98. The predicted octanol–water partition coefficient (Wildman–Crippen LogP) is 2.98. The summed E-state index contributed by atoms with van der Waals surface area (Å²) >= 11 is 0. The van der Waals surface area contributed by atoms with Crippen molar-refractivity contribution in [3.05, 3.63) is 73.9 Å². The summed E-state index contributed by atoms with van der Waals surface area (Å²) in [5.74, 6) is -0.525. The zero-order valence-electron chi connectivity index (χ0n) is 10.8. The van der Waals surface area contributed by atoms with Crippen LogP contribution in [0.1, 0.15) is 0 Å². The lowest BCUT2D eigenvalue weighted by molar-refractivity contribution is -0.129. The SMILES string of the molecule is C=C/C=C/C(=O)Oc1cccc(OC(=O)/C=C/C=C)c1. The van der Waals surface area contributed by atoms with Gasteiger partial charge in [0.1, 0.15) is 11.5 Å². The lowest BCUT2D eigenvalue weighted by Gasteiger charge is -2.04. The van der Waals surface area contributed by atoms with Crippen LogP contribution in [-0.2, 0) is 9.59 Å². The van der Waals surface area contributed by atoms with Crippen molar-refractivity contribution in [1.29, 1.82) is 0 Å². The summed E-state index contributed by atoms with van der Waals surface area (Å²) < 4.78 is 10.0. The van der Waals surface area contributed by atoms with E-state index in [0.717, 1.165) is 0 Å². The fourth-order valence-corrected chi connectivity index (χ4v) is 1.19. The Kier molecular flexibility index (Phi) is 6.27. The molecule has 0 aliphatic heterocycles. The third-order valence-corrected chi connectivity index (χ3v) is 1.98. The fourth-order valence-electron chi connectivity index (χ4n) is 1.19. The normalized spacial score (nSPS) is 10.4. The van der Waals surface area contributed by atoms with Crippen LogP contribution in [-0.4, -0.2) is 11.9 Å². The first-order valence-electron chi connectivity index (χ1n) is 5.77. The van der Waals surface area contributed by atoms with E-state index in [9.17, 15) is 9.59 Å². The van der Waals surface area contributed by atoms with E-state index in [0.29, 0.717) is 0 Å². The van der Waals surface area contributed by atoms with Gasteiger partial charge in [0.2, 0.25) is 0 Å². The molecule has 0 bridgehead atoms. The highest BCUT2D eigenvalue weighted by atomic mass is 16.5. The Morgan fingerprint density at radius 2 is 1.35 bits per heavy atom. The molecular weight excluding hydrogens is 256 g/mol. The molecule has 0 N–H and O–H groups in total. The molecule has 0 unspecified atom stereocenters. The number of carbonyl (C=O) groups excluding carboxylic acids is 2. The first kappa shape index (κ1) is 15.2. The number of esters is 2. The number of ether oxygens (including phenoxy) is 2. The molecule has 102 valence electrons. The first-order valence-corrected chi connectivity index (χ1v) is 5.77. The Morgan fingerprint density at radius 3 is 1.75 bits per heavy atom. The largest absolute Gasteiger partial charge is 0.423 e. The monoisotopic (exact) mass is 270 g/mol. The summed E-state index contributed by atoms with van der Waals surface area (Å²) in [6.45, 7) is 6.89. The van der Waals surface area contributed by atoms with E-state index in [2.05, 4.69) is 13.2 Å². The van der Waals surface area contributed by atoms with Crippen molar-refractivity contribution in [3.63, 3.8) is 0 Å². The molecule has 1 rings (SSSR count). The van der Waals surface area contributed by atoms with E-state index in [1.165, 1.54) is 42.5 Å². The van der Waals surface area contributed by atoms with Crippen LogP contribution in [0.15, 0.2) is 73.9 Å². The molecule has 0 atom stereocenters.